The molecule has 0 bridgehead atoms. The number of amides is 2. The number of rotatable bonds is 6. The topological polar surface area (TPSA) is 76.0 Å². The van der Waals surface area contributed by atoms with Crippen LogP contribution in [0.4, 0.5) is 5.69 Å². The van der Waals surface area contributed by atoms with Crippen molar-refractivity contribution >= 4 is 17.5 Å². The molecule has 1 heterocycles. The molecule has 0 atom stereocenters. The van der Waals surface area contributed by atoms with E-state index in [0.717, 1.165) is 33.6 Å². The first-order valence-electron chi connectivity index (χ1n) is 10.5. The molecule has 3 aromatic rings. The third-order valence-electron chi connectivity index (χ3n) is 5.24. The van der Waals surface area contributed by atoms with E-state index in [0.29, 0.717) is 17.7 Å². The molecular formula is C25H30N4O2. The van der Waals surface area contributed by atoms with Gasteiger partial charge in [-0.05, 0) is 75.9 Å². The lowest BCUT2D eigenvalue weighted by atomic mass is 10.00. The molecule has 0 aliphatic rings. The molecule has 0 unspecified atom stereocenters. The fraction of sp³-hybridized carbons (Fsp3) is 0.320. The van der Waals surface area contributed by atoms with Crippen LogP contribution >= 0.6 is 0 Å². The Balaban J connectivity index is 1.81. The second kappa shape index (κ2) is 9.16. The van der Waals surface area contributed by atoms with Crippen molar-refractivity contribution in [2.45, 2.75) is 54.1 Å². The summed E-state index contributed by atoms with van der Waals surface area (Å²) in [6, 6.07) is 11.2. The van der Waals surface area contributed by atoms with Crippen molar-refractivity contribution in [1.29, 1.82) is 0 Å². The highest BCUT2D eigenvalue weighted by atomic mass is 16.2. The summed E-state index contributed by atoms with van der Waals surface area (Å²) in [5.74, 6) is -0.540. The molecule has 3 rings (SSSR count). The summed E-state index contributed by atoms with van der Waals surface area (Å²) in [4.78, 5) is 25.7. The largest absolute Gasteiger partial charge is 0.350 e. The van der Waals surface area contributed by atoms with Crippen LogP contribution in [0, 0.1) is 27.7 Å². The Hall–Kier alpha value is -3.41. The first kappa shape index (κ1) is 22.3. The van der Waals surface area contributed by atoms with E-state index in [1.165, 1.54) is 0 Å². The van der Waals surface area contributed by atoms with Gasteiger partial charge in [-0.25, -0.2) is 0 Å². The smallest absolute Gasteiger partial charge is 0.256 e. The van der Waals surface area contributed by atoms with E-state index in [2.05, 4.69) is 15.7 Å². The molecule has 2 aromatic carbocycles. The number of hydrogen-bond acceptors (Lipinski definition) is 3. The first-order chi connectivity index (χ1) is 14.7. The molecule has 0 fully saturated rings. The van der Waals surface area contributed by atoms with Gasteiger partial charge in [0, 0.05) is 17.9 Å². The van der Waals surface area contributed by atoms with Crippen molar-refractivity contribution in [3.8, 4) is 0 Å². The predicted molar refractivity (Wildman–Crippen MR) is 124 cm³/mol. The molecule has 0 aliphatic heterocycles. The van der Waals surface area contributed by atoms with Crippen molar-refractivity contribution in [2.24, 2.45) is 0 Å². The standard InChI is InChI=1S/C25H30N4O2/c1-15(2)26-25(31)23-16(3)8-7-9-21(23)24(30)27-22-11-10-20(12-17(22)4)14-29-13-18(5)19(6)28-29/h7-13,15H,14H2,1-6H3,(H,26,31)(H,27,30). The number of anilines is 1. The van der Waals surface area contributed by atoms with E-state index in [4.69, 9.17) is 0 Å². The van der Waals surface area contributed by atoms with Gasteiger partial charge < -0.3 is 10.6 Å². The monoisotopic (exact) mass is 418 g/mol. The van der Waals surface area contributed by atoms with Gasteiger partial charge in [0.2, 0.25) is 0 Å². The summed E-state index contributed by atoms with van der Waals surface area (Å²) in [7, 11) is 0. The van der Waals surface area contributed by atoms with Crippen LogP contribution in [0.3, 0.4) is 0 Å². The van der Waals surface area contributed by atoms with Crippen molar-refractivity contribution in [3.63, 3.8) is 0 Å². The number of hydrogen-bond donors (Lipinski definition) is 2. The number of aromatic nitrogens is 2. The van der Waals surface area contributed by atoms with Gasteiger partial charge in [0.15, 0.2) is 0 Å². The average Bonchev–Trinajstić information content (AvgIpc) is 3.00. The van der Waals surface area contributed by atoms with Crippen LogP contribution < -0.4 is 10.6 Å². The summed E-state index contributed by atoms with van der Waals surface area (Å²) >= 11 is 0. The third kappa shape index (κ3) is 5.20. The molecule has 2 amide bonds. The number of benzene rings is 2. The SMILES string of the molecule is Cc1cc(Cn2cc(C)c(C)n2)ccc1NC(=O)c1cccc(C)c1C(=O)NC(C)C. The number of carbonyl (C=O) groups excluding carboxylic acids is 2. The molecule has 0 aliphatic carbocycles. The van der Waals surface area contributed by atoms with Crippen molar-refractivity contribution < 1.29 is 9.59 Å². The highest BCUT2D eigenvalue weighted by Crippen LogP contribution is 2.21. The molecule has 1 aromatic heterocycles. The highest BCUT2D eigenvalue weighted by Gasteiger charge is 2.20. The molecule has 2 N–H and O–H groups in total. The van der Waals surface area contributed by atoms with Crippen molar-refractivity contribution in [2.75, 3.05) is 5.32 Å². The van der Waals surface area contributed by atoms with Crippen molar-refractivity contribution in [3.05, 3.63) is 81.7 Å². The molecule has 0 saturated carbocycles. The predicted octanol–water partition coefficient (Wildman–Crippen LogP) is 4.56. The normalized spacial score (nSPS) is 10.9. The van der Waals surface area contributed by atoms with E-state index in [9.17, 15) is 9.59 Å². The summed E-state index contributed by atoms with van der Waals surface area (Å²) in [6.45, 7) is 12.3. The van der Waals surface area contributed by atoms with Crippen LogP contribution in [-0.4, -0.2) is 27.6 Å². The Morgan fingerprint density at radius 3 is 2.32 bits per heavy atom. The molecule has 31 heavy (non-hydrogen) atoms. The summed E-state index contributed by atoms with van der Waals surface area (Å²) < 4.78 is 1.92. The summed E-state index contributed by atoms with van der Waals surface area (Å²) in [5, 5.41) is 10.4. The number of aryl methyl sites for hydroxylation is 4. The number of carbonyl (C=O) groups is 2. The van der Waals surface area contributed by atoms with E-state index in [1.54, 1.807) is 12.1 Å². The van der Waals surface area contributed by atoms with Gasteiger partial charge in [-0.3, -0.25) is 14.3 Å². The Bertz CT molecular complexity index is 1110. The Morgan fingerprint density at radius 2 is 1.71 bits per heavy atom. The van der Waals surface area contributed by atoms with Crippen LogP contribution in [0.2, 0.25) is 0 Å². The van der Waals surface area contributed by atoms with Gasteiger partial charge in [-0.2, -0.15) is 5.10 Å². The first-order valence-corrected chi connectivity index (χ1v) is 10.5. The Kier molecular flexibility index (Phi) is 6.59. The van der Waals surface area contributed by atoms with E-state index < -0.39 is 0 Å². The maximum absolute atomic E-state index is 13.0. The van der Waals surface area contributed by atoms with E-state index in [-0.39, 0.29) is 17.9 Å². The van der Waals surface area contributed by atoms with Crippen LogP contribution in [0.5, 0.6) is 0 Å². The van der Waals surface area contributed by atoms with Gasteiger partial charge in [-0.15, -0.1) is 0 Å². The maximum Gasteiger partial charge on any atom is 0.256 e. The Labute approximate surface area is 183 Å². The lowest BCUT2D eigenvalue weighted by Crippen LogP contribution is -2.32. The molecule has 6 heteroatoms. The van der Waals surface area contributed by atoms with Crippen LogP contribution in [0.25, 0.3) is 0 Å². The highest BCUT2D eigenvalue weighted by molar-refractivity contribution is 6.13. The fourth-order valence-corrected chi connectivity index (χ4v) is 3.53. The Morgan fingerprint density at radius 1 is 0.968 bits per heavy atom. The molecule has 0 saturated heterocycles. The van der Waals surface area contributed by atoms with Gasteiger partial charge in [-0.1, -0.05) is 24.3 Å². The molecule has 6 nitrogen and oxygen atoms in total. The van der Waals surface area contributed by atoms with Crippen LogP contribution in [0.15, 0.2) is 42.6 Å². The molecule has 0 spiro atoms. The van der Waals surface area contributed by atoms with Crippen LogP contribution in [0.1, 0.15) is 62.5 Å². The zero-order valence-corrected chi connectivity index (χ0v) is 19.0. The molecule has 0 radical (unpaired) electrons. The second-order valence-electron chi connectivity index (χ2n) is 8.32. The second-order valence-corrected chi connectivity index (χ2v) is 8.32. The van der Waals surface area contributed by atoms with Crippen molar-refractivity contribution in [1.82, 2.24) is 15.1 Å². The minimum atomic E-state index is -0.299. The third-order valence-corrected chi connectivity index (χ3v) is 5.24. The van der Waals surface area contributed by atoms with Gasteiger partial charge >= 0.3 is 0 Å². The maximum atomic E-state index is 13.0. The lowest BCUT2D eigenvalue weighted by molar-refractivity contribution is 0.0930. The lowest BCUT2D eigenvalue weighted by Gasteiger charge is -2.15. The zero-order chi connectivity index (χ0) is 22.7. The zero-order valence-electron chi connectivity index (χ0n) is 19.0. The fourth-order valence-electron chi connectivity index (χ4n) is 3.53. The van der Waals surface area contributed by atoms with E-state index in [1.807, 2.05) is 76.7 Å². The average molecular weight is 419 g/mol. The van der Waals surface area contributed by atoms with Gasteiger partial charge in [0.1, 0.15) is 0 Å². The van der Waals surface area contributed by atoms with Gasteiger partial charge in [0.05, 0.1) is 23.4 Å². The van der Waals surface area contributed by atoms with E-state index >= 15 is 0 Å². The van der Waals surface area contributed by atoms with Gasteiger partial charge in [0.25, 0.3) is 11.8 Å². The quantitative estimate of drug-likeness (QED) is 0.616. The molecule has 162 valence electrons. The number of nitrogens with zero attached hydrogens (tertiary/aromatic N) is 2. The molecular weight excluding hydrogens is 388 g/mol. The summed E-state index contributed by atoms with van der Waals surface area (Å²) in [6.07, 6.45) is 2.03. The minimum Gasteiger partial charge on any atom is -0.350 e. The van der Waals surface area contributed by atoms with Crippen LogP contribution in [-0.2, 0) is 6.54 Å². The minimum absolute atomic E-state index is 0.0137. The number of nitrogens with one attached hydrogen (secondary N) is 2. The summed E-state index contributed by atoms with van der Waals surface area (Å²) in [5.41, 5.74) is 6.50.